The van der Waals surface area contributed by atoms with Crippen LogP contribution in [0.3, 0.4) is 0 Å². The highest BCUT2D eigenvalue weighted by atomic mass is 19.4. The second kappa shape index (κ2) is 8.69. The first-order valence-electron chi connectivity index (χ1n) is 8.88. The number of benzene rings is 1. The van der Waals surface area contributed by atoms with Gasteiger partial charge < -0.3 is 25.0 Å². The Morgan fingerprint density at radius 1 is 1.27 bits per heavy atom. The third kappa shape index (κ3) is 4.53. The van der Waals surface area contributed by atoms with Gasteiger partial charge in [-0.1, -0.05) is 0 Å². The van der Waals surface area contributed by atoms with Crippen LogP contribution in [0.5, 0.6) is 5.75 Å². The monoisotopic (exact) mass is 429 g/mol. The van der Waals surface area contributed by atoms with Crippen molar-refractivity contribution in [3.8, 4) is 5.75 Å². The Morgan fingerprint density at radius 3 is 2.57 bits per heavy atom. The summed E-state index contributed by atoms with van der Waals surface area (Å²) in [7, 11) is 2.60. The zero-order chi connectivity index (χ0) is 21.9. The van der Waals surface area contributed by atoms with E-state index in [1.807, 2.05) is 0 Å². The molecule has 2 N–H and O–H groups in total. The van der Waals surface area contributed by atoms with Crippen LogP contribution in [0, 0.1) is 5.82 Å². The number of hydrogen-bond acceptors (Lipinski definition) is 7. The van der Waals surface area contributed by atoms with Gasteiger partial charge in [-0.05, 0) is 6.07 Å². The van der Waals surface area contributed by atoms with Crippen molar-refractivity contribution in [3.05, 3.63) is 35.3 Å². The molecule has 1 aromatic carbocycles. The normalized spacial score (nSPS) is 14.4. The molecule has 1 saturated heterocycles. The third-order valence-corrected chi connectivity index (χ3v) is 4.40. The van der Waals surface area contributed by atoms with E-state index in [4.69, 9.17) is 9.47 Å². The molecule has 0 saturated carbocycles. The van der Waals surface area contributed by atoms with E-state index in [9.17, 15) is 22.4 Å². The van der Waals surface area contributed by atoms with Crippen molar-refractivity contribution in [2.45, 2.75) is 6.18 Å². The van der Waals surface area contributed by atoms with E-state index in [0.29, 0.717) is 32.5 Å². The summed E-state index contributed by atoms with van der Waals surface area (Å²) in [5.41, 5.74) is -1.18. The quantitative estimate of drug-likeness (QED) is 0.707. The molecule has 0 atom stereocenters. The average Bonchev–Trinajstić information content (AvgIpc) is 2.73. The number of nitrogens with zero attached hydrogens (tertiary/aromatic N) is 3. The molecule has 0 aliphatic carbocycles. The fourth-order valence-electron chi connectivity index (χ4n) is 2.88. The highest BCUT2D eigenvalue weighted by Gasteiger charge is 2.35. The van der Waals surface area contributed by atoms with Crippen LogP contribution in [0.1, 0.15) is 15.9 Å². The molecule has 1 aliphatic heterocycles. The number of halogens is 4. The largest absolute Gasteiger partial charge is 0.495 e. The molecule has 2 heterocycles. The van der Waals surface area contributed by atoms with Gasteiger partial charge in [0.1, 0.15) is 22.9 Å². The van der Waals surface area contributed by atoms with Crippen LogP contribution in [0.15, 0.2) is 18.3 Å². The molecule has 12 heteroatoms. The lowest BCUT2D eigenvalue weighted by Gasteiger charge is -2.27. The molecule has 162 valence electrons. The van der Waals surface area contributed by atoms with Gasteiger partial charge in [0.05, 0.1) is 31.6 Å². The molecule has 0 spiro atoms. The van der Waals surface area contributed by atoms with Gasteiger partial charge in [0.2, 0.25) is 5.95 Å². The van der Waals surface area contributed by atoms with Crippen LogP contribution in [-0.2, 0) is 10.9 Å². The molecule has 1 fully saturated rings. The maximum Gasteiger partial charge on any atom is 0.421 e. The third-order valence-electron chi connectivity index (χ3n) is 4.40. The second-order valence-electron chi connectivity index (χ2n) is 6.27. The van der Waals surface area contributed by atoms with Crippen LogP contribution in [0.4, 0.5) is 35.0 Å². The molecular weight excluding hydrogens is 410 g/mol. The van der Waals surface area contributed by atoms with Gasteiger partial charge in [0.25, 0.3) is 5.91 Å². The van der Waals surface area contributed by atoms with Crippen molar-refractivity contribution >= 4 is 23.4 Å². The molecule has 30 heavy (non-hydrogen) atoms. The fraction of sp³-hybridized carbons (Fsp3) is 0.389. The summed E-state index contributed by atoms with van der Waals surface area (Å²) in [6.45, 7) is 1.41. The zero-order valence-electron chi connectivity index (χ0n) is 16.1. The molecule has 0 unspecified atom stereocenters. The first-order valence-corrected chi connectivity index (χ1v) is 8.88. The van der Waals surface area contributed by atoms with Gasteiger partial charge in [-0.15, -0.1) is 0 Å². The van der Waals surface area contributed by atoms with Gasteiger partial charge in [0, 0.05) is 32.4 Å². The average molecular weight is 429 g/mol. The minimum absolute atomic E-state index is 0.0512. The number of carbonyl (C=O) groups excluding carboxylic acids is 1. The lowest BCUT2D eigenvalue weighted by molar-refractivity contribution is -0.137. The molecule has 1 aromatic heterocycles. The Morgan fingerprint density at radius 2 is 1.97 bits per heavy atom. The van der Waals surface area contributed by atoms with Gasteiger partial charge in [-0.25, -0.2) is 9.37 Å². The smallest absolute Gasteiger partial charge is 0.421 e. The molecule has 8 nitrogen and oxygen atoms in total. The summed E-state index contributed by atoms with van der Waals surface area (Å²) in [6, 6.07) is 2.23. The number of ether oxygens (including phenoxy) is 2. The van der Waals surface area contributed by atoms with E-state index in [-0.39, 0.29) is 22.9 Å². The minimum atomic E-state index is -4.64. The first-order chi connectivity index (χ1) is 14.2. The lowest BCUT2D eigenvalue weighted by atomic mass is 10.1. The number of methoxy groups -OCH3 is 1. The highest BCUT2D eigenvalue weighted by Crippen LogP contribution is 2.35. The molecule has 0 radical (unpaired) electrons. The molecule has 2 aromatic rings. The van der Waals surface area contributed by atoms with Crippen molar-refractivity contribution < 1.29 is 31.8 Å². The number of alkyl halides is 3. The Labute approximate surface area is 169 Å². The standard InChI is InChI=1S/C18H19F4N5O3/c1-23-15-11(18(20,21)22)9-24-17(26-15)25-13-8-12(19)10(7-14(13)29-2)16(28)27-3-5-30-6-4-27/h7-9H,3-6H2,1-2H3,(H2,23,24,25,26). The topological polar surface area (TPSA) is 88.6 Å². The first kappa shape index (κ1) is 21.6. The predicted molar refractivity (Wildman–Crippen MR) is 99.5 cm³/mol. The van der Waals surface area contributed by atoms with Gasteiger partial charge in [-0.2, -0.15) is 18.2 Å². The van der Waals surface area contributed by atoms with E-state index >= 15 is 0 Å². The highest BCUT2D eigenvalue weighted by molar-refractivity contribution is 5.96. The molecular formula is C18H19F4N5O3. The fourth-order valence-corrected chi connectivity index (χ4v) is 2.88. The van der Waals surface area contributed by atoms with E-state index < -0.39 is 29.3 Å². The summed E-state index contributed by atoms with van der Waals surface area (Å²) in [5, 5.41) is 4.98. The van der Waals surface area contributed by atoms with E-state index in [1.165, 1.54) is 25.1 Å². The second-order valence-corrected chi connectivity index (χ2v) is 6.27. The predicted octanol–water partition coefficient (Wildman–Crippen LogP) is 2.90. The van der Waals surface area contributed by atoms with Crippen molar-refractivity contribution in [1.29, 1.82) is 0 Å². The summed E-state index contributed by atoms with van der Waals surface area (Å²) in [4.78, 5) is 21.5. The number of aromatic nitrogens is 2. The SMILES string of the molecule is CNc1nc(Nc2cc(F)c(C(=O)N3CCOCC3)cc2OC)ncc1C(F)(F)F. The number of carbonyl (C=O) groups is 1. The van der Waals surface area contributed by atoms with Crippen LogP contribution >= 0.6 is 0 Å². The lowest BCUT2D eigenvalue weighted by Crippen LogP contribution is -2.41. The van der Waals surface area contributed by atoms with Crippen LogP contribution < -0.4 is 15.4 Å². The Balaban J connectivity index is 1.90. The molecule has 1 aliphatic rings. The van der Waals surface area contributed by atoms with Crippen molar-refractivity contribution in [1.82, 2.24) is 14.9 Å². The summed E-state index contributed by atoms with van der Waals surface area (Å²) < 4.78 is 64.0. The van der Waals surface area contributed by atoms with Crippen LogP contribution in [-0.4, -0.2) is 61.2 Å². The zero-order valence-corrected chi connectivity index (χ0v) is 16.1. The number of morpholine rings is 1. The molecule has 1 amide bonds. The number of amides is 1. The van der Waals surface area contributed by atoms with Crippen LogP contribution in [0.25, 0.3) is 0 Å². The molecule has 3 rings (SSSR count). The van der Waals surface area contributed by atoms with Gasteiger partial charge in [-0.3, -0.25) is 4.79 Å². The Bertz CT molecular complexity index is 933. The Kier molecular flexibility index (Phi) is 6.25. The summed E-state index contributed by atoms with van der Waals surface area (Å²) >= 11 is 0. The van der Waals surface area contributed by atoms with Crippen molar-refractivity contribution in [2.24, 2.45) is 0 Å². The number of rotatable bonds is 5. The number of hydrogen-bond donors (Lipinski definition) is 2. The van der Waals surface area contributed by atoms with Crippen molar-refractivity contribution in [2.75, 3.05) is 51.1 Å². The maximum atomic E-state index is 14.7. The number of nitrogens with one attached hydrogen (secondary N) is 2. The maximum absolute atomic E-state index is 14.7. The van der Waals surface area contributed by atoms with E-state index in [1.54, 1.807) is 0 Å². The van der Waals surface area contributed by atoms with Gasteiger partial charge in [0.15, 0.2) is 0 Å². The van der Waals surface area contributed by atoms with E-state index in [2.05, 4.69) is 20.6 Å². The minimum Gasteiger partial charge on any atom is -0.495 e. The summed E-state index contributed by atoms with van der Waals surface area (Å²) in [5.74, 6) is -1.89. The van der Waals surface area contributed by atoms with Gasteiger partial charge >= 0.3 is 6.18 Å². The van der Waals surface area contributed by atoms with Crippen molar-refractivity contribution in [3.63, 3.8) is 0 Å². The Hall–Kier alpha value is -3.15. The van der Waals surface area contributed by atoms with Crippen LogP contribution in [0.2, 0.25) is 0 Å². The summed E-state index contributed by atoms with van der Waals surface area (Å²) in [6.07, 6.45) is -4.03. The number of anilines is 3. The van der Waals surface area contributed by atoms with E-state index in [0.717, 1.165) is 6.07 Å². The molecule has 0 bridgehead atoms.